The third-order valence-corrected chi connectivity index (χ3v) is 3.46. The summed E-state index contributed by atoms with van der Waals surface area (Å²) in [5.41, 5.74) is 7.24. The van der Waals surface area contributed by atoms with Crippen molar-refractivity contribution in [2.45, 2.75) is 30.3 Å². The van der Waals surface area contributed by atoms with Crippen molar-refractivity contribution in [2.24, 2.45) is 5.73 Å². The van der Waals surface area contributed by atoms with Gasteiger partial charge in [-0.3, -0.25) is 0 Å². The molecule has 0 spiro atoms. The molecule has 0 saturated carbocycles. The molecule has 0 amide bonds. The van der Waals surface area contributed by atoms with Crippen molar-refractivity contribution in [2.75, 3.05) is 20.4 Å². The smallest absolute Gasteiger partial charge is 0.0356 e. The van der Waals surface area contributed by atoms with Crippen molar-refractivity contribution >= 4 is 11.8 Å². The maximum Gasteiger partial charge on any atom is 0.0356 e. The second-order valence-electron chi connectivity index (χ2n) is 4.47. The second kappa shape index (κ2) is 6.28. The van der Waals surface area contributed by atoms with Gasteiger partial charge in [0.1, 0.15) is 0 Å². The third-order valence-electron chi connectivity index (χ3n) is 2.72. The van der Waals surface area contributed by atoms with Gasteiger partial charge in [-0.05, 0) is 51.4 Å². The van der Waals surface area contributed by atoms with Crippen molar-refractivity contribution in [1.29, 1.82) is 0 Å². The van der Waals surface area contributed by atoms with Gasteiger partial charge in [0.25, 0.3) is 0 Å². The van der Waals surface area contributed by atoms with Gasteiger partial charge in [-0.1, -0.05) is 12.1 Å². The Morgan fingerprint density at radius 1 is 1.25 bits per heavy atom. The van der Waals surface area contributed by atoms with Crippen LogP contribution in [0.2, 0.25) is 0 Å². The Labute approximate surface area is 103 Å². The largest absolute Gasteiger partial charge is 0.328 e. The summed E-state index contributed by atoms with van der Waals surface area (Å²) in [5, 5.41) is 0. The van der Waals surface area contributed by atoms with E-state index < -0.39 is 0 Å². The number of hydrogen-bond acceptors (Lipinski definition) is 3. The Balaban J connectivity index is 2.84. The van der Waals surface area contributed by atoms with Gasteiger partial charge < -0.3 is 10.6 Å². The fourth-order valence-electron chi connectivity index (χ4n) is 1.82. The molecule has 0 bridgehead atoms. The maximum absolute atomic E-state index is 5.89. The highest BCUT2D eigenvalue weighted by Gasteiger charge is 2.15. The zero-order valence-electron chi connectivity index (χ0n) is 10.6. The predicted octanol–water partition coefficient (Wildman–Crippen LogP) is 2.75. The molecule has 0 aromatic heterocycles. The summed E-state index contributed by atoms with van der Waals surface area (Å²) in [6.07, 6.45) is 3.09. The molecule has 1 aromatic rings. The minimum absolute atomic E-state index is 0.229. The van der Waals surface area contributed by atoms with Crippen molar-refractivity contribution < 1.29 is 0 Å². The van der Waals surface area contributed by atoms with Gasteiger partial charge in [-0.15, -0.1) is 11.8 Å². The topological polar surface area (TPSA) is 29.3 Å². The molecule has 0 aliphatic rings. The monoisotopic (exact) mass is 238 g/mol. The van der Waals surface area contributed by atoms with Crippen LogP contribution in [0.25, 0.3) is 0 Å². The standard InChI is InChI=1S/C13H22N2S/c1-10(14)9-13(15(2)3)11-5-7-12(16-4)8-6-11/h5-8,10,13H,9,14H2,1-4H3. The van der Waals surface area contributed by atoms with E-state index in [1.165, 1.54) is 10.5 Å². The Hall–Kier alpha value is -0.510. The number of rotatable bonds is 5. The van der Waals surface area contributed by atoms with E-state index in [2.05, 4.69) is 56.4 Å². The van der Waals surface area contributed by atoms with Gasteiger partial charge in [-0.2, -0.15) is 0 Å². The molecule has 1 rings (SSSR count). The first-order chi connectivity index (χ1) is 7.54. The summed E-state index contributed by atoms with van der Waals surface area (Å²) in [4.78, 5) is 3.54. The maximum atomic E-state index is 5.89. The van der Waals surface area contributed by atoms with E-state index in [9.17, 15) is 0 Å². The first kappa shape index (κ1) is 13.6. The molecule has 2 unspecified atom stereocenters. The van der Waals surface area contributed by atoms with Crippen LogP contribution in [0.15, 0.2) is 29.2 Å². The fourth-order valence-corrected chi connectivity index (χ4v) is 2.23. The van der Waals surface area contributed by atoms with Crippen molar-refractivity contribution in [3.8, 4) is 0 Å². The van der Waals surface area contributed by atoms with Crippen LogP contribution in [0.3, 0.4) is 0 Å². The van der Waals surface area contributed by atoms with Crippen LogP contribution >= 0.6 is 11.8 Å². The Morgan fingerprint density at radius 3 is 2.19 bits per heavy atom. The molecule has 2 atom stereocenters. The lowest BCUT2D eigenvalue weighted by Gasteiger charge is -2.26. The van der Waals surface area contributed by atoms with Gasteiger partial charge in [-0.25, -0.2) is 0 Å². The van der Waals surface area contributed by atoms with Gasteiger partial charge in [0, 0.05) is 17.0 Å². The summed E-state index contributed by atoms with van der Waals surface area (Å²) in [6, 6.07) is 9.41. The number of nitrogens with two attached hydrogens (primary N) is 1. The molecule has 0 radical (unpaired) electrons. The molecule has 16 heavy (non-hydrogen) atoms. The van der Waals surface area contributed by atoms with E-state index in [0.29, 0.717) is 6.04 Å². The molecule has 2 N–H and O–H groups in total. The van der Waals surface area contributed by atoms with Crippen LogP contribution in [-0.2, 0) is 0 Å². The van der Waals surface area contributed by atoms with E-state index in [-0.39, 0.29) is 6.04 Å². The Bertz CT molecular complexity index is 306. The van der Waals surface area contributed by atoms with E-state index in [0.717, 1.165) is 6.42 Å². The second-order valence-corrected chi connectivity index (χ2v) is 5.35. The Morgan fingerprint density at radius 2 is 1.81 bits per heavy atom. The first-order valence-corrected chi connectivity index (χ1v) is 6.83. The van der Waals surface area contributed by atoms with Gasteiger partial charge in [0.2, 0.25) is 0 Å². The summed E-state index contributed by atoms with van der Waals surface area (Å²) in [7, 11) is 4.21. The molecule has 0 aliphatic carbocycles. The molecule has 3 heteroatoms. The summed E-state index contributed by atoms with van der Waals surface area (Å²) in [6.45, 7) is 2.06. The molecule has 1 aromatic carbocycles. The molecule has 90 valence electrons. The van der Waals surface area contributed by atoms with Gasteiger partial charge in [0.15, 0.2) is 0 Å². The molecular formula is C13H22N2S. The number of thioether (sulfide) groups is 1. The average molecular weight is 238 g/mol. The highest BCUT2D eigenvalue weighted by Crippen LogP contribution is 2.25. The van der Waals surface area contributed by atoms with Crippen molar-refractivity contribution in [1.82, 2.24) is 4.90 Å². The molecule has 0 fully saturated rings. The van der Waals surface area contributed by atoms with Crippen molar-refractivity contribution in [3.05, 3.63) is 29.8 Å². The fraction of sp³-hybridized carbons (Fsp3) is 0.538. The van der Waals surface area contributed by atoms with Crippen LogP contribution in [0.1, 0.15) is 24.9 Å². The molecular weight excluding hydrogens is 216 g/mol. The van der Waals surface area contributed by atoms with E-state index in [4.69, 9.17) is 5.73 Å². The lowest BCUT2D eigenvalue weighted by atomic mass is 9.99. The molecule has 2 nitrogen and oxygen atoms in total. The zero-order chi connectivity index (χ0) is 12.1. The summed E-state index contributed by atoms with van der Waals surface area (Å²) < 4.78 is 0. The van der Waals surface area contributed by atoms with Gasteiger partial charge in [0.05, 0.1) is 0 Å². The average Bonchev–Trinajstić information content (AvgIpc) is 2.25. The number of nitrogens with zero attached hydrogens (tertiary/aromatic N) is 1. The van der Waals surface area contributed by atoms with Crippen LogP contribution in [-0.4, -0.2) is 31.3 Å². The van der Waals surface area contributed by atoms with Crippen LogP contribution in [0, 0.1) is 0 Å². The number of hydrogen-bond donors (Lipinski definition) is 1. The highest BCUT2D eigenvalue weighted by atomic mass is 32.2. The minimum Gasteiger partial charge on any atom is -0.328 e. The van der Waals surface area contributed by atoms with Crippen LogP contribution in [0.4, 0.5) is 0 Å². The molecule has 0 heterocycles. The normalized spacial score (nSPS) is 15.1. The lowest BCUT2D eigenvalue weighted by molar-refractivity contribution is 0.272. The van der Waals surface area contributed by atoms with E-state index in [1.807, 2.05) is 0 Å². The quantitative estimate of drug-likeness (QED) is 0.800. The minimum atomic E-state index is 0.229. The van der Waals surface area contributed by atoms with Crippen LogP contribution < -0.4 is 5.73 Å². The summed E-state index contributed by atoms with van der Waals surface area (Å²) >= 11 is 1.77. The Kier molecular flexibility index (Phi) is 5.32. The lowest BCUT2D eigenvalue weighted by Crippen LogP contribution is -2.27. The number of benzene rings is 1. The zero-order valence-corrected chi connectivity index (χ0v) is 11.4. The third kappa shape index (κ3) is 3.81. The van der Waals surface area contributed by atoms with E-state index >= 15 is 0 Å². The highest BCUT2D eigenvalue weighted by molar-refractivity contribution is 7.98. The van der Waals surface area contributed by atoms with Crippen LogP contribution in [0.5, 0.6) is 0 Å². The summed E-state index contributed by atoms with van der Waals surface area (Å²) in [5.74, 6) is 0. The molecule has 0 aliphatic heterocycles. The van der Waals surface area contributed by atoms with Gasteiger partial charge >= 0.3 is 0 Å². The predicted molar refractivity (Wildman–Crippen MR) is 72.9 cm³/mol. The SMILES string of the molecule is CSc1ccc(C(CC(C)N)N(C)C)cc1. The van der Waals surface area contributed by atoms with E-state index in [1.54, 1.807) is 11.8 Å². The van der Waals surface area contributed by atoms with Crippen molar-refractivity contribution in [3.63, 3.8) is 0 Å². The first-order valence-electron chi connectivity index (χ1n) is 5.60. The molecule has 0 saturated heterocycles.